The summed E-state index contributed by atoms with van der Waals surface area (Å²) in [5, 5.41) is 19.6. The van der Waals surface area contributed by atoms with Crippen molar-refractivity contribution in [3.05, 3.63) is 11.6 Å². The first-order valence-electron chi connectivity index (χ1n) is 11.0. The number of aliphatic hydroxyl groups excluding tert-OH is 2. The molecule has 0 aromatic carbocycles. The number of aliphatic hydroxyl groups is 2. The zero-order chi connectivity index (χ0) is 17.6. The maximum absolute atomic E-state index is 10.0. The van der Waals surface area contributed by atoms with Crippen LogP contribution in [-0.4, -0.2) is 22.4 Å². The van der Waals surface area contributed by atoms with E-state index in [0.717, 1.165) is 48.9 Å². The minimum absolute atomic E-state index is 0.0716. The quantitative estimate of drug-likeness (QED) is 0.696. The maximum Gasteiger partial charge on any atom is 0.0577 e. The topological polar surface area (TPSA) is 40.5 Å². The first kappa shape index (κ1) is 18.0. The molecule has 3 saturated carbocycles. The molecule has 2 heteroatoms. The third-order valence-electron chi connectivity index (χ3n) is 8.79. The van der Waals surface area contributed by atoms with Crippen molar-refractivity contribution in [3.63, 3.8) is 0 Å². The number of rotatable bonds is 4. The summed E-state index contributed by atoms with van der Waals surface area (Å²) in [6.45, 7) is 4.54. The average Bonchev–Trinajstić information content (AvgIpc) is 2.91. The number of hydrogen-bond acceptors (Lipinski definition) is 2. The lowest BCUT2D eigenvalue weighted by Gasteiger charge is -2.54. The lowest BCUT2D eigenvalue weighted by molar-refractivity contribution is -0.0204. The Labute approximate surface area is 154 Å². The standard InChI is InChI=1S/C23H38O2/c1-15(24)4-3-5-17-7-11-22-21-9-6-16-14-18(25)8-10-19(16)20(21)12-13-23(17,22)2/h6,15,17-22,24-25H,3-5,7-14H2,1-2H3/t15?,17-,18-,19-,20+,21+,22-,23+/m0/s1. The van der Waals surface area contributed by atoms with Gasteiger partial charge >= 0.3 is 0 Å². The van der Waals surface area contributed by atoms with Gasteiger partial charge in [-0.1, -0.05) is 25.0 Å². The number of allylic oxidation sites excluding steroid dienone is 1. The normalized spacial score (nSPS) is 47.4. The molecule has 0 aromatic rings. The fourth-order valence-electron chi connectivity index (χ4n) is 7.49. The van der Waals surface area contributed by atoms with E-state index in [1.807, 2.05) is 6.92 Å². The van der Waals surface area contributed by atoms with E-state index in [-0.39, 0.29) is 12.2 Å². The smallest absolute Gasteiger partial charge is 0.0577 e. The molecule has 0 aliphatic heterocycles. The van der Waals surface area contributed by atoms with Crippen molar-refractivity contribution in [1.82, 2.24) is 0 Å². The summed E-state index contributed by atoms with van der Waals surface area (Å²) in [4.78, 5) is 0. The Kier molecular flexibility index (Phi) is 5.05. The van der Waals surface area contributed by atoms with Crippen molar-refractivity contribution in [3.8, 4) is 0 Å². The molecule has 0 amide bonds. The molecule has 25 heavy (non-hydrogen) atoms. The van der Waals surface area contributed by atoms with Crippen LogP contribution < -0.4 is 0 Å². The third-order valence-corrected chi connectivity index (χ3v) is 8.79. The Morgan fingerprint density at radius 1 is 1.16 bits per heavy atom. The highest BCUT2D eigenvalue weighted by molar-refractivity contribution is 5.20. The minimum Gasteiger partial charge on any atom is -0.393 e. The molecule has 0 bridgehead atoms. The number of hydrogen-bond donors (Lipinski definition) is 2. The van der Waals surface area contributed by atoms with Gasteiger partial charge in [-0.15, -0.1) is 0 Å². The van der Waals surface area contributed by atoms with E-state index in [4.69, 9.17) is 0 Å². The first-order valence-corrected chi connectivity index (χ1v) is 11.0. The van der Waals surface area contributed by atoms with Crippen LogP contribution in [0.5, 0.6) is 0 Å². The molecular weight excluding hydrogens is 308 g/mol. The van der Waals surface area contributed by atoms with Gasteiger partial charge in [0.1, 0.15) is 0 Å². The molecule has 4 rings (SSSR count). The van der Waals surface area contributed by atoms with Crippen LogP contribution in [0.15, 0.2) is 11.6 Å². The number of fused-ring (bicyclic) bond motifs is 5. The van der Waals surface area contributed by atoms with E-state index >= 15 is 0 Å². The van der Waals surface area contributed by atoms with Gasteiger partial charge in [-0.3, -0.25) is 0 Å². The highest BCUT2D eigenvalue weighted by atomic mass is 16.3. The first-order chi connectivity index (χ1) is 12.0. The molecule has 4 aliphatic rings. The molecule has 1 unspecified atom stereocenters. The SMILES string of the molecule is CC(O)CCC[C@H]1CC[C@H]2[C@@H]3CC=C4C[C@@H](O)CC[C@@H]4[C@H]3CC[C@]12C. The van der Waals surface area contributed by atoms with Crippen LogP contribution in [0.2, 0.25) is 0 Å². The Bertz CT molecular complexity index is 510. The molecule has 0 radical (unpaired) electrons. The summed E-state index contributed by atoms with van der Waals surface area (Å²) in [6.07, 6.45) is 16.0. The highest BCUT2D eigenvalue weighted by Crippen LogP contribution is 2.64. The van der Waals surface area contributed by atoms with Gasteiger partial charge in [0.25, 0.3) is 0 Å². The Balaban J connectivity index is 1.46. The second kappa shape index (κ2) is 7.00. The summed E-state index contributed by atoms with van der Waals surface area (Å²) in [5.74, 6) is 4.41. The van der Waals surface area contributed by atoms with Crippen LogP contribution in [0.25, 0.3) is 0 Å². The second-order valence-electron chi connectivity index (χ2n) is 10.1. The maximum atomic E-state index is 10.0. The van der Waals surface area contributed by atoms with Gasteiger partial charge in [-0.2, -0.15) is 0 Å². The van der Waals surface area contributed by atoms with Gasteiger partial charge in [-0.25, -0.2) is 0 Å². The summed E-state index contributed by atoms with van der Waals surface area (Å²) < 4.78 is 0. The Morgan fingerprint density at radius 3 is 2.80 bits per heavy atom. The average molecular weight is 347 g/mol. The summed E-state index contributed by atoms with van der Waals surface area (Å²) in [5.41, 5.74) is 2.16. The van der Waals surface area contributed by atoms with Crippen LogP contribution >= 0.6 is 0 Å². The molecule has 4 aliphatic carbocycles. The second-order valence-corrected chi connectivity index (χ2v) is 10.1. The monoisotopic (exact) mass is 346 g/mol. The van der Waals surface area contributed by atoms with Crippen molar-refractivity contribution < 1.29 is 10.2 Å². The van der Waals surface area contributed by atoms with Crippen molar-refractivity contribution in [2.45, 2.75) is 96.7 Å². The molecule has 0 spiro atoms. The van der Waals surface area contributed by atoms with E-state index in [0.29, 0.717) is 5.41 Å². The summed E-state index contributed by atoms with van der Waals surface area (Å²) >= 11 is 0. The van der Waals surface area contributed by atoms with Crippen LogP contribution in [0.4, 0.5) is 0 Å². The van der Waals surface area contributed by atoms with Crippen LogP contribution in [0.1, 0.15) is 84.5 Å². The highest BCUT2D eigenvalue weighted by Gasteiger charge is 2.55. The lowest BCUT2D eigenvalue weighted by Crippen LogP contribution is -2.46. The fourth-order valence-corrected chi connectivity index (χ4v) is 7.49. The lowest BCUT2D eigenvalue weighted by atomic mass is 9.51. The molecular formula is C23H38O2. The molecule has 0 aromatic heterocycles. The third kappa shape index (κ3) is 3.23. The Hall–Kier alpha value is -0.340. The van der Waals surface area contributed by atoms with E-state index in [9.17, 15) is 10.2 Å². The van der Waals surface area contributed by atoms with Gasteiger partial charge in [0, 0.05) is 0 Å². The molecule has 0 heterocycles. The predicted molar refractivity (Wildman–Crippen MR) is 102 cm³/mol. The predicted octanol–water partition coefficient (Wildman–Crippen LogP) is 5.09. The van der Waals surface area contributed by atoms with Crippen LogP contribution in [0.3, 0.4) is 0 Å². The van der Waals surface area contributed by atoms with E-state index < -0.39 is 0 Å². The van der Waals surface area contributed by atoms with Crippen LogP contribution in [0, 0.1) is 35.0 Å². The van der Waals surface area contributed by atoms with E-state index in [1.165, 1.54) is 51.4 Å². The zero-order valence-corrected chi connectivity index (χ0v) is 16.3. The van der Waals surface area contributed by atoms with Gasteiger partial charge < -0.3 is 10.2 Å². The Morgan fingerprint density at radius 2 is 2.00 bits per heavy atom. The molecule has 142 valence electrons. The molecule has 0 saturated heterocycles. The molecule has 3 fully saturated rings. The van der Waals surface area contributed by atoms with Crippen molar-refractivity contribution in [1.29, 1.82) is 0 Å². The van der Waals surface area contributed by atoms with Crippen molar-refractivity contribution in [2.75, 3.05) is 0 Å². The fraction of sp³-hybridized carbons (Fsp3) is 0.913. The summed E-state index contributed by atoms with van der Waals surface area (Å²) in [6, 6.07) is 0. The van der Waals surface area contributed by atoms with Gasteiger partial charge in [0.05, 0.1) is 12.2 Å². The van der Waals surface area contributed by atoms with E-state index in [1.54, 1.807) is 5.57 Å². The zero-order valence-electron chi connectivity index (χ0n) is 16.3. The molecule has 8 atom stereocenters. The van der Waals surface area contributed by atoms with Gasteiger partial charge in [-0.05, 0) is 106 Å². The van der Waals surface area contributed by atoms with Crippen molar-refractivity contribution >= 4 is 0 Å². The van der Waals surface area contributed by atoms with Crippen molar-refractivity contribution in [2.24, 2.45) is 35.0 Å². The largest absolute Gasteiger partial charge is 0.393 e. The molecule has 2 N–H and O–H groups in total. The minimum atomic E-state index is -0.135. The van der Waals surface area contributed by atoms with Gasteiger partial charge in [0.2, 0.25) is 0 Å². The van der Waals surface area contributed by atoms with E-state index in [2.05, 4.69) is 13.0 Å². The summed E-state index contributed by atoms with van der Waals surface area (Å²) in [7, 11) is 0. The van der Waals surface area contributed by atoms with Gasteiger partial charge in [0.15, 0.2) is 0 Å². The molecule has 2 nitrogen and oxygen atoms in total. The van der Waals surface area contributed by atoms with Crippen LogP contribution in [-0.2, 0) is 0 Å².